The molecule has 1 aromatic carbocycles. The van der Waals surface area contributed by atoms with Crippen molar-refractivity contribution in [1.82, 2.24) is 20.3 Å². The molecule has 0 spiro atoms. The molecule has 0 atom stereocenters. The zero-order valence-electron chi connectivity index (χ0n) is 13.2. The number of carbonyl (C=O) groups excluding carboxylic acids is 1. The smallest absolute Gasteiger partial charge is 0.270 e. The average molecular weight is 359 g/mol. The van der Waals surface area contributed by atoms with Gasteiger partial charge in [-0.05, 0) is 30.3 Å². The molecule has 0 saturated heterocycles. The number of pyridine rings is 1. The van der Waals surface area contributed by atoms with Gasteiger partial charge < -0.3 is 10.6 Å². The van der Waals surface area contributed by atoms with Crippen LogP contribution < -0.4 is 10.6 Å². The zero-order chi connectivity index (χ0) is 18.5. The number of nitrogens with zero attached hydrogens (tertiary/aromatic N) is 3. The first-order chi connectivity index (χ1) is 12.5. The molecule has 0 aliphatic heterocycles. The first kappa shape index (κ1) is 17.3. The van der Waals surface area contributed by atoms with Gasteiger partial charge in [0.1, 0.15) is 5.69 Å². The predicted molar refractivity (Wildman–Crippen MR) is 87.0 cm³/mol. The van der Waals surface area contributed by atoms with E-state index in [4.69, 9.17) is 0 Å². The maximum atomic E-state index is 13.7. The van der Waals surface area contributed by atoms with Gasteiger partial charge >= 0.3 is 0 Å². The lowest BCUT2D eigenvalue weighted by Gasteiger charge is -2.08. The highest BCUT2D eigenvalue weighted by Crippen LogP contribution is 2.21. The van der Waals surface area contributed by atoms with Gasteiger partial charge in [0.15, 0.2) is 17.5 Å². The van der Waals surface area contributed by atoms with Crippen LogP contribution >= 0.6 is 0 Å². The van der Waals surface area contributed by atoms with Gasteiger partial charge in [-0.15, -0.1) is 0 Å². The Hall–Kier alpha value is -3.49. The van der Waals surface area contributed by atoms with Crippen molar-refractivity contribution in [3.05, 3.63) is 77.6 Å². The summed E-state index contributed by atoms with van der Waals surface area (Å²) in [4.78, 5) is 24.0. The average Bonchev–Trinajstić information content (AvgIpc) is 2.67. The minimum atomic E-state index is -1.61. The number of nitrogens with one attached hydrogen (secondary N) is 2. The monoisotopic (exact) mass is 359 g/mol. The van der Waals surface area contributed by atoms with E-state index in [0.717, 1.165) is 12.1 Å². The van der Waals surface area contributed by atoms with E-state index in [-0.39, 0.29) is 23.9 Å². The summed E-state index contributed by atoms with van der Waals surface area (Å²) >= 11 is 0. The summed E-state index contributed by atoms with van der Waals surface area (Å²) in [6, 6.07) is 8.43. The second-order valence-electron chi connectivity index (χ2n) is 5.12. The molecule has 0 bridgehead atoms. The molecule has 0 aliphatic rings. The van der Waals surface area contributed by atoms with Crippen molar-refractivity contribution in [3.63, 3.8) is 0 Å². The molecule has 2 aromatic heterocycles. The molecule has 132 valence electrons. The second-order valence-corrected chi connectivity index (χ2v) is 5.12. The summed E-state index contributed by atoms with van der Waals surface area (Å²) in [5, 5.41) is 5.04. The Morgan fingerprint density at radius 3 is 2.58 bits per heavy atom. The van der Waals surface area contributed by atoms with E-state index in [2.05, 4.69) is 25.6 Å². The Morgan fingerprint density at radius 1 is 0.962 bits per heavy atom. The van der Waals surface area contributed by atoms with Crippen LogP contribution in [0.2, 0.25) is 0 Å². The van der Waals surface area contributed by atoms with Crippen molar-refractivity contribution in [2.45, 2.75) is 6.54 Å². The number of halogens is 3. The predicted octanol–water partition coefficient (Wildman–Crippen LogP) is 2.96. The highest BCUT2D eigenvalue weighted by Gasteiger charge is 2.15. The number of carbonyl (C=O) groups is 1. The van der Waals surface area contributed by atoms with Gasteiger partial charge in [-0.2, -0.15) is 0 Å². The fourth-order valence-corrected chi connectivity index (χ4v) is 2.05. The number of anilines is 2. The molecule has 26 heavy (non-hydrogen) atoms. The maximum Gasteiger partial charge on any atom is 0.270 e. The molecule has 1 amide bonds. The fourth-order valence-electron chi connectivity index (χ4n) is 2.05. The highest BCUT2D eigenvalue weighted by atomic mass is 19.2. The van der Waals surface area contributed by atoms with Crippen molar-refractivity contribution in [2.24, 2.45) is 0 Å². The Balaban J connectivity index is 1.72. The summed E-state index contributed by atoms with van der Waals surface area (Å²) in [7, 11) is 0. The van der Waals surface area contributed by atoms with Crippen molar-refractivity contribution in [2.75, 3.05) is 5.32 Å². The van der Waals surface area contributed by atoms with E-state index in [1.807, 2.05) is 0 Å². The van der Waals surface area contributed by atoms with E-state index < -0.39 is 23.4 Å². The topological polar surface area (TPSA) is 79.8 Å². The molecule has 3 aromatic rings. The van der Waals surface area contributed by atoms with Crippen LogP contribution in [0.4, 0.5) is 24.8 Å². The van der Waals surface area contributed by atoms with Crippen LogP contribution in [0, 0.1) is 17.5 Å². The molecular weight excluding hydrogens is 347 g/mol. The summed E-state index contributed by atoms with van der Waals surface area (Å²) < 4.78 is 39.9. The number of rotatable bonds is 5. The number of hydrogen-bond acceptors (Lipinski definition) is 5. The largest absolute Gasteiger partial charge is 0.345 e. The normalized spacial score (nSPS) is 10.4. The molecule has 0 unspecified atom stereocenters. The second kappa shape index (κ2) is 7.60. The van der Waals surface area contributed by atoms with Crippen molar-refractivity contribution >= 4 is 17.5 Å². The maximum absolute atomic E-state index is 13.7. The van der Waals surface area contributed by atoms with E-state index in [1.54, 1.807) is 24.4 Å². The highest BCUT2D eigenvalue weighted by molar-refractivity contribution is 5.92. The van der Waals surface area contributed by atoms with Crippen molar-refractivity contribution in [3.8, 4) is 0 Å². The van der Waals surface area contributed by atoms with Crippen molar-refractivity contribution in [1.29, 1.82) is 0 Å². The minimum absolute atomic E-state index is 0.0152. The Morgan fingerprint density at radius 2 is 1.81 bits per heavy atom. The Labute approximate surface area is 146 Å². The molecule has 2 heterocycles. The van der Waals surface area contributed by atoms with E-state index in [0.29, 0.717) is 5.69 Å². The standard InChI is InChI=1S/C17H12F3N5O/c18-11-4-5-12(15(20)14(11)19)24-17-22-8-6-13(25-17)16(26)23-9-10-3-1-2-7-21-10/h1-8H,9H2,(H,23,26)(H,22,24,25). The Kier molecular flexibility index (Phi) is 5.07. The van der Waals surface area contributed by atoms with Gasteiger partial charge in [0, 0.05) is 12.4 Å². The molecule has 0 fully saturated rings. The van der Waals surface area contributed by atoms with E-state index >= 15 is 0 Å². The van der Waals surface area contributed by atoms with Gasteiger partial charge in [-0.1, -0.05) is 6.07 Å². The molecule has 0 aliphatic carbocycles. The van der Waals surface area contributed by atoms with Crippen LogP contribution in [0.25, 0.3) is 0 Å². The van der Waals surface area contributed by atoms with Crippen molar-refractivity contribution < 1.29 is 18.0 Å². The molecule has 9 heteroatoms. The number of benzene rings is 1. The first-order valence-electron chi connectivity index (χ1n) is 7.46. The lowest BCUT2D eigenvalue weighted by atomic mass is 10.3. The first-order valence-corrected chi connectivity index (χ1v) is 7.46. The Bertz CT molecular complexity index is 937. The summed E-state index contributed by atoms with van der Waals surface area (Å²) in [5.74, 6) is -4.96. The van der Waals surface area contributed by atoms with Gasteiger partial charge in [0.2, 0.25) is 5.95 Å². The SMILES string of the molecule is O=C(NCc1ccccn1)c1ccnc(Nc2ccc(F)c(F)c2F)n1. The third-order valence-electron chi connectivity index (χ3n) is 3.33. The lowest BCUT2D eigenvalue weighted by Crippen LogP contribution is -2.24. The van der Waals surface area contributed by atoms with Crippen LogP contribution in [0.1, 0.15) is 16.2 Å². The molecule has 2 N–H and O–H groups in total. The van der Waals surface area contributed by atoms with Crippen LogP contribution in [0.5, 0.6) is 0 Å². The molecular formula is C17H12F3N5O. The third-order valence-corrected chi connectivity index (χ3v) is 3.33. The zero-order valence-corrected chi connectivity index (χ0v) is 13.2. The quantitative estimate of drug-likeness (QED) is 0.685. The van der Waals surface area contributed by atoms with Crippen LogP contribution in [-0.4, -0.2) is 20.9 Å². The minimum Gasteiger partial charge on any atom is -0.345 e. The molecule has 3 rings (SSSR count). The van der Waals surface area contributed by atoms with Crippen LogP contribution in [0.3, 0.4) is 0 Å². The van der Waals surface area contributed by atoms with Gasteiger partial charge in [0.25, 0.3) is 5.91 Å². The number of hydrogen-bond donors (Lipinski definition) is 2. The third kappa shape index (κ3) is 3.94. The molecule has 0 radical (unpaired) electrons. The van der Waals surface area contributed by atoms with Crippen LogP contribution in [0.15, 0.2) is 48.8 Å². The molecule has 0 saturated carbocycles. The van der Waals surface area contributed by atoms with Gasteiger partial charge in [0.05, 0.1) is 17.9 Å². The summed E-state index contributed by atoms with van der Waals surface area (Å²) in [6.45, 7) is 0.199. The number of aromatic nitrogens is 3. The molecule has 6 nitrogen and oxygen atoms in total. The van der Waals surface area contributed by atoms with E-state index in [9.17, 15) is 18.0 Å². The van der Waals surface area contributed by atoms with Gasteiger partial charge in [-0.25, -0.2) is 23.1 Å². The van der Waals surface area contributed by atoms with Crippen LogP contribution in [-0.2, 0) is 6.54 Å². The summed E-state index contributed by atoms with van der Waals surface area (Å²) in [6.07, 6.45) is 2.88. The summed E-state index contributed by atoms with van der Waals surface area (Å²) in [5.41, 5.74) is 0.327. The van der Waals surface area contributed by atoms with Gasteiger partial charge in [-0.3, -0.25) is 9.78 Å². The fraction of sp³-hybridized carbons (Fsp3) is 0.0588. The lowest BCUT2D eigenvalue weighted by molar-refractivity contribution is 0.0945. The van der Waals surface area contributed by atoms with E-state index in [1.165, 1.54) is 12.3 Å². The number of amides is 1.